The number of benzene rings is 1. The molecule has 1 heterocycles. The largest absolute Gasteiger partial charge is 0.310 e. The highest BCUT2D eigenvalue weighted by Gasteiger charge is 2.28. The molecular weight excluding hydrogens is 232 g/mol. The molecule has 0 spiro atoms. The van der Waals surface area contributed by atoms with Gasteiger partial charge in [0, 0.05) is 23.8 Å². The molecule has 1 aromatic carbocycles. The fourth-order valence-electron chi connectivity index (χ4n) is 3.02. The molecule has 2 heteroatoms. The molecule has 1 aromatic heterocycles. The van der Waals surface area contributed by atoms with Gasteiger partial charge in [0.25, 0.3) is 0 Å². The molecule has 0 saturated heterocycles. The van der Waals surface area contributed by atoms with Gasteiger partial charge >= 0.3 is 0 Å². The normalized spacial score (nSPS) is 17.3. The monoisotopic (exact) mass is 254 g/mol. The minimum atomic E-state index is 0.514. The molecule has 1 N–H and O–H groups in total. The lowest BCUT2D eigenvalue weighted by atomic mass is 9.76. The van der Waals surface area contributed by atoms with Gasteiger partial charge < -0.3 is 5.32 Å². The van der Waals surface area contributed by atoms with Gasteiger partial charge in [0.15, 0.2) is 0 Å². The summed E-state index contributed by atoms with van der Waals surface area (Å²) in [5.74, 6) is 0.810. The third kappa shape index (κ3) is 2.50. The van der Waals surface area contributed by atoms with Crippen molar-refractivity contribution in [1.82, 2.24) is 10.3 Å². The van der Waals surface area contributed by atoms with Crippen LogP contribution in [0.25, 0.3) is 10.8 Å². The van der Waals surface area contributed by atoms with Crippen LogP contribution in [0.4, 0.5) is 0 Å². The van der Waals surface area contributed by atoms with Crippen molar-refractivity contribution < 1.29 is 0 Å². The maximum Gasteiger partial charge on any atom is 0.0354 e. The summed E-state index contributed by atoms with van der Waals surface area (Å²) in [5, 5.41) is 6.37. The van der Waals surface area contributed by atoms with Crippen molar-refractivity contribution in [1.29, 1.82) is 0 Å². The van der Waals surface area contributed by atoms with Crippen LogP contribution in [0.5, 0.6) is 0 Å². The fourth-order valence-corrected chi connectivity index (χ4v) is 3.02. The number of hydrogen-bond acceptors (Lipinski definition) is 2. The Morgan fingerprint density at radius 3 is 2.95 bits per heavy atom. The third-order valence-corrected chi connectivity index (χ3v) is 4.29. The van der Waals surface area contributed by atoms with Gasteiger partial charge in [0.2, 0.25) is 0 Å². The van der Waals surface area contributed by atoms with Gasteiger partial charge in [0.05, 0.1) is 0 Å². The molecule has 100 valence electrons. The van der Waals surface area contributed by atoms with E-state index in [0.717, 1.165) is 12.5 Å². The molecule has 1 aliphatic rings. The summed E-state index contributed by atoms with van der Waals surface area (Å²) >= 11 is 0. The van der Waals surface area contributed by atoms with Crippen LogP contribution in [0.3, 0.4) is 0 Å². The molecule has 0 radical (unpaired) electrons. The van der Waals surface area contributed by atoms with Crippen molar-refractivity contribution in [2.45, 2.75) is 38.6 Å². The maximum atomic E-state index is 4.23. The fraction of sp³-hybridized carbons (Fsp3) is 0.471. The Hall–Kier alpha value is -1.41. The summed E-state index contributed by atoms with van der Waals surface area (Å²) in [5.41, 5.74) is 1.46. The first-order valence-corrected chi connectivity index (χ1v) is 7.46. The number of nitrogens with zero attached hydrogens (tertiary/aromatic N) is 1. The standard InChI is InChI=1S/C17H22N2/c1-2-10-19-17(13-5-3-6-13)16-8-4-7-14-12-18-11-9-15(14)16/h4,7-9,11-13,17,19H,2-3,5-6,10H2,1H3. The van der Waals surface area contributed by atoms with E-state index in [1.54, 1.807) is 0 Å². The highest BCUT2D eigenvalue weighted by atomic mass is 14.9. The minimum Gasteiger partial charge on any atom is -0.310 e. The van der Waals surface area contributed by atoms with E-state index in [1.165, 1.54) is 42.0 Å². The zero-order valence-corrected chi connectivity index (χ0v) is 11.6. The minimum absolute atomic E-state index is 0.514. The summed E-state index contributed by atoms with van der Waals surface area (Å²) in [6.07, 6.45) is 9.18. The van der Waals surface area contributed by atoms with Gasteiger partial charge in [-0.3, -0.25) is 4.98 Å². The van der Waals surface area contributed by atoms with Crippen LogP contribution in [0.1, 0.15) is 44.2 Å². The first-order chi connectivity index (χ1) is 9.40. The predicted octanol–water partition coefficient (Wildman–Crippen LogP) is 4.08. The second kappa shape index (κ2) is 5.70. The molecule has 2 nitrogen and oxygen atoms in total. The van der Waals surface area contributed by atoms with E-state index in [2.05, 4.69) is 41.5 Å². The quantitative estimate of drug-likeness (QED) is 0.869. The molecule has 1 atom stereocenters. The molecule has 2 aromatic rings. The predicted molar refractivity (Wildman–Crippen MR) is 80.1 cm³/mol. The summed E-state index contributed by atoms with van der Waals surface area (Å²) in [6.45, 7) is 3.33. The van der Waals surface area contributed by atoms with E-state index < -0.39 is 0 Å². The average Bonchev–Trinajstić information content (AvgIpc) is 2.41. The maximum absolute atomic E-state index is 4.23. The summed E-state index contributed by atoms with van der Waals surface area (Å²) in [7, 11) is 0. The topological polar surface area (TPSA) is 24.9 Å². The van der Waals surface area contributed by atoms with Crippen molar-refractivity contribution in [2.24, 2.45) is 5.92 Å². The number of rotatable bonds is 5. The molecule has 1 unspecified atom stereocenters. The van der Waals surface area contributed by atoms with Gasteiger partial charge in [-0.2, -0.15) is 0 Å². The molecule has 0 aliphatic heterocycles. The van der Waals surface area contributed by atoms with E-state index in [9.17, 15) is 0 Å². The Morgan fingerprint density at radius 1 is 1.32 bits per heavy atom. The summed E-state index contributed by atoms with van der Waals surface area (Å²) in [4.78, 5) is 4.23. The van der Waals surface area contributed by atoms with Crippen LogP contribution >= 0.6 is 0 Å². The second-order valence-electron chi connectivity index (χ2n) is 5.57. The van der Waals surface area contributed by atoms with E-state index in [0.29, 0.717) is 6.04 Å². The third-order valence-electron chi connectivity index (χ3n) is 4.29. The van der Waals surface area contributed by atoms with Gasteiger partial charge in [-0.15, -0.1) is 0 Å². The van der Waals surface area contributed by atoms with Crippen molar-refractivity contribution in [3.05, 3.63) is 42.2 Å². The Morgan fingerprint density at radius 2 is 2.21 bits per heavy atom. The number of aromatic nitrogens is 1. The van der Waals surface area contributed by atoms with E-state index in [-0.39, 0.29) is 0 Å². The number of hydrogen-bond donors (Lipinski definition) is 1. The Labute approximate surface area is 115 Å². The highest BCUT2D eigenvalue weighted by Crippen LogP contribution is 2.39. The highest BCUT2D eigenvalue weighted by molar-refractivity contribution is 5.85. The molecule has 19 heavy (non-hydrogen) atoms. The lowest BCUT2D eigenvalue weighted by Crippen LogP contribution is -2.32. The molecular formula is C17H22N2. The lowest BCUT2D eigenvalue weighted by molar-refractivity contribution is 0.232. The van der Waals surface area contributed by atoms with Crippen LogP contribution in [0, 0.1) is 5.92 Å². The Kier molecular flexibility index (Phi) is 3.79. The van der Waals surface area contributed by atoms with Gasteiger partial charge in [-0.25, -0.2) is 0 Å². The van der Waals surface area contributed by atoms with Crippen LogP contribution < -0.4 is 5.32 Å². The van der Waals surface area contributed by atoms with Crippen molar-refractivity contribution in [3.8, 4) is 0 Å². The average molecular weight is 254 g/mol. The number of nitrogens with one attached hydrogen (secondary N) is 1. The molecule has 0 amide bonds. The van der Waals surface area contributed by atoms with Gasteiger partial charge in [-0.05, 0) is 48.7 Å². The second-order valence-corrected chi connectivity index (χ2v) is 5.57. The van der Waals surface area contributed by atoms with Crippen molar-refractivity contribution >= 4 is 10.8 Å². The molecule has 0 bridgehead atoms. The summed E-state index contributed by atoms with van der Waals surface area (Å²) < 4.78 is 0. The zero-order valence-electron chi connectivity index (χ0n) is 11.6. The molecule has 1 fully saturated rings. The smallest absolute Gasteiger partial charge is 0.0354 e. The van der Waals surface area contributed by atoms with E-state index in [1.807, 2.05) is 12.4 Å². The lowest BCUT2D eigenvalue weighted by Gasteiger charge is -2.35. The van der Waals surface area contributed by atoms with Crippen LogP contribution in [0.15, 0.2) is 36.7 Å². The van der Waals surface area contributed by atoms with E-state index >= 15 is 0 Å². The SMILES string of the molecule is CCCNC(c1cccc2cnccc12)C1CCC1. The number of pyridine rings is 1. The van der Waals surface area contributed by atoms with Crippen molar-refractivity contribution in [3.63, 3.8) is 0 Å². The van der Waals surface area contributed by atoms with Crippen LogP contribution in [0.2, 0.25) is 0 Å². The van der Waals surface area contributed by atoms with E-state index in [4.69, 9.17) is 0 Å². The Bertz CT molecular complexity index is 540. The van der Waals surface area contributed by atoms with Gasteiger partial charge in [0.1, 0.15) is 0 Å². The Balaban J connectivity index is 1.98. The first-order valence-electron chi connectivity index (χ1n) is 7.46. The van der Waals surface area contributed by atoms with Crippen LogP contribution in [-0.4, -0.2) is 11.5 Å². The first kappa shape index (κ1) is 12.6. The summed E-state index contributed by atoms with van der Waals surface area (Å²) in [6, 6.07) is 9.28. The molecule has 1 aliphatic carbocycles. The zero-order chi connectivity index (χ0) is 13.1. The molecule has 3 rings (SSSR count). The van der Waals surface area contributed by atoms with Gasteiger partial charge in [-0.1, -0.05) is 31.5 Å². The number of fused-ring (bicyclic) bond motifs is 1. The van der Waals surface area contributed by atoms with Crippen molar-refractivity contribution in [2.75, 3.05) is 6.54 Å². The van der Waals surface area contributed by atoms with Crippen LogP contribution in [-0.2, 0) is 0 Å². The molecule has 1 saturated carbocycles.